The standard InChI is InChI=1S/C19H17NO2S/c1-14-7-8-15-12-16-9-10-20(19(16)13-17(15)11-14)23(21,22)18-5-3-2-4-6-18/h2-8,11-13H,9-10H2,1H3. The fraction of sp³-hybridized carbons (Fsp3) is 0.158. The minimum Gasteiger partial charge on any atom is -0.266 e. The lowest BCUT2D eigenvalue weighted by molar-refractivity contribution is 0.592. The number of hydrogen-bond acceptors (Lipinski definition) is 2. The SMILES string of the molecule is Cc1ccc2cc3c(cc2c1)N(S(=O)(=O)c1ccccc1)CC3. The molecule has 0 saturated heterocycles. The second-order valence-corrected chi connectivity index (χ2v) is 7.83. The third kappa shape index (κ3) is 2.30. The summed E-state index contributed by atoms with van der Waals surface area (Å²) in [6.45, 7) is 2.55. The molecule has 23 heavy (non-hydrogen) atoms. The van der Waals surface area contributed by atoms with E-state index in [4.69, 9.17) is 0 Å². The van der Waals surface area contributed by atoms with Gasteiger partial charge >= 0.3 is 0 Å². The summed E-state index contributed by atoms with van der Waals surface area (Å²) in [5.41, 5.74) is 3.08. The Morgan fingerprint density at radius 2 is 1.70 bits per heavy atom. The van der Waals surface area contributed by atoms with Crippen molar-refractivity contribution >= 4 is 26.5 Å². The fourth-order valence-electron chi connectivity index (χ4n) is 3.20. The fourth-order valence-corrected chi connectivity index (χ4v) is 4.71. The van der Waals surface area contributed by atoms with Crippen LogP contribution in [0.15, 0.2) is 65.6 Å². The molecule has 0 radical (unpaired) electrons. The van der Waals surface area contributed by atoms with E-state index in [0.717, 1.165) is 28.4 Å². The highest BCUT2D eigenvalue weighted by atomic mass is 32.2. The number of fused-ring (bicyclic) bond motifs is 2. The first-order valence-corrected chi connectivity index (χ1v) is 9.11. The molecule has 0 fully saturated rings. The molecule has 0 atom stereocenters. The molecule has 1 heterocycles. The molecule has 0 aliphatic carbocycles. The smallest absolute Gasteiger partial charge is 0.264 e. The topological polar surface area (TPSA) is 37.4 Å². The summed E-state index contributed by atoms with van der Waals surface area (Å²) in [5, 5.41) is 2.24. The van der Waals surface area contributed by atoms with E-state index in [9.17, 15) is 8.42 Å². The molecule has 3 nitrogen and oxygen atoms in total. The van der Waals surface area contributed by atoms with Crippen LogP contribution >= 0.6 is 0 Å². The van der Waals surface area contributed by atoms with Crippen molar-refractivity contribution < 1.29 is 8.42 Å². The molecule has 0 spiro atoms. The Hall–Kier alpha value is -2.33. The van der Waals surface area contributed by atoms with E-state index in [-0.39, 0.29) is 0 Å². The van der Waals surface area contributed by atoms with Gasteiger partial charge in [0.05, 0.1) is 10.6 Å². The van der Waals surface area contributed by atoms with Crippen LogP contribution < -0.4 is 4.31 Å². The van der Waals surface area contributed by atoms with Gasteiger partial charge in [0.15, 0.2) is 0 Å². The van der Waals surface area contributed by atoms with Crippen LogP contribution in [-0.4, -0.2) is 15.0 Å². The van der Waals surface area contributed by atoms with Crippen molar-refractivity contribution in [2.24, 2.45) is 0 Å². The first-order valence-electron chi connectivity index (χ1n) is 7.67. The lowest BCUT2D eigenvalue weighted by atomic mass is 10.0. The van der Waals surface area contributed by atoms with E-state index in [1.807, 2.05) is 19.1 Å². The van der Waals surface area contributed by atoms with Crippen molar-refractivity contribution in [3.8, 4) is 0 Å². The first kappa shape index (κ1) is 14.3. The van der Waals surface area contributed by atoms with Crippen LogP contribution in [0, 0.1) is 6.92 Å². The van der Waals surface area contributed by atoms with Gasteiger partial charge in [-0.15, -0.1) is 0 Å². The second kappa shape index (κ2) is 5.10. The Kier molecular flexibility index (Phi) is 3.16. The van der Waals surface area contributed by atoms with Crippen molar-refractivity contribution in [2.45, 2.75) is 18.2 Å². The van der Waals surface area contributed by atoms with Crippen LogP contribution in [-0.2, 0) is 16.4 Å². The minimum absolute atomic E-state index is 0.345. The molecule has 0 amide bonds. The van der Waals surface area contributed by atoms with Gasteiger partial charge in [-0.05, 0) is 53.9 Å². The van der Waals surface area contributed by atoms with Crippen LogP contribution in [0.2, 0.25) is 0 Å². The van der Waals surface area contributed by atoms with Crippen LogP contribution in [0.4, 0.5) is 5.69 Å². The van der Waals surface area contributed by atoms with Crippen molar-refractivity contribution in [1.29, 1.82) is 0 Å². The van der Waals surface area contributed by atoms with Crippen LogP contribution in [0.25, 0.3) is 10.8 Å². The third-order valence-corrected chi connectivity index (χ3v) is 6.20. The number of benzene rings is 3. The number of aryl methyl sites for hydroxylation is 1. The molecule has 3 aromatic rings. The van der Waals surface area contributed by atoms with Crippen LogP contribution in [0.1, 0.15) is 11.1 Å². The van der Waals surface area contributed by atoms with Gasteiger partial charge in [-0.3, -0.25) is 4.31 Å². The van der Waals surface area contributed by atoms with Gasteiger partial charge in [-0.2, -0.15) is 0 Å². The van der Waals surface area contributed by atoms with Gasteiger partial charge in [0, 0.05) is 6.54 Å². The molecular weight excluding hydrogens is 306 g/mol. The monoisotopic (exact) mass is 323 g/mol. The van der Waals surface area contributed by atoms with Gasteiger partial charge < -0.3 is 0 Å². The zero-order valence-corrected chi connectivity index (χ0v) is 13.7. The largest absolute Gasteiger partial charge is 0.266 e. The lowest BCUT2D eigenvalue weighted by Crippen LogP contribution is -2.29. The molecule has 3 aromatic carbocycles. The molecular formula is C19H17NO2S. The highest BCUT2D eigenvalue weighted by Gasteiger charge is 2.30. The van der Waals surface area contributed by atoms with E-state index in [1.54, 1.807) is 28.6 Å². The van der Waals surface area contributed by atoms with Gasteiger partial charge in [-0.1, -0.05) is 42.0 Å². The average Bonchev–Trinajstić information content (AvgIpc) is 2.97. The number of nitrogens with zero attached hydrogens (tertiary/aromatic N) is 1. The summed E-state index contributed by atoms with van der Waals surface area (Å²) in [6, 6.07) is 19.0. The Morgan fingerprint density at radius 1 is 0.913 bits per heavy atom. The van der Waals surface area contributed by atoms with E-state index >= 15 is 0 Å². The Bertz CT molecular complexity index is 995. The summed E-state index contributed by atoms with van der Waals surface area (Å²) in [5.74, 6) is 0. The third-order valence-electron chi connectivity index (χ3n) is 4.38. The first-order chi connectivity index (χ1) is 11.1. The maximum atomic E-state index is 12.9. The van der Waals surface area contributed by atoms with Gasteiger partial charge in [0.2, 0.25) is 0 Å². The second-order valence-electron chi connectivity index (χ2n) is 5.97. The maximum Gasteiger partial charge on any atom is 0.264 e. The van der Waals surface area contributed by atoms with Gasteiger partial charge in [0.25, 0.3) is 10.0 Å². The molecule has 1 aliphatic rings. The molecule has 1 aliphatic heterocycles. The summed E-state index contributed by atoms with van der Waals surface area (Å²) < 4.78 is 27.4. The number of anilines is 1. The number of rotatable bonds is 2. The molecule has 4 rings (SSSR count). The summed E-state index contributed by atoms with van der Waals surface area (Å²) >= 11 is 0. The Labute approximate surface area is 136 Å². The molecule has 116 valence electrons. The summed E-state index contributed by atoms with van der Waals surface area (Å²) in [6.07, 6.45) is 0.755. The van der Waals surface area contributed by atoms with Crippen molar-refractivity contribution in [3.63, 3.8) is 0 Å². The molecule has 0 N–H and O–H groups in total. The normalized spacial score (nSPS) is 14.2. The Balaban J connectivity index is 1.87. The lowest BCUT2D eigenvalue weighted by Gasteiger charge is -2.20. The van der Waals surface area contributed by atoms with Crippen LogP contribution in [0.5, 0.6) is 0 Å². The zero-order valence-electron chi connectivity index (χ0n) is 12.9. The quantitative estimate of drug-likeness (QED) is 0.717. The molecule has 0 aromatic heterocycles. The van der Waals surface area contributed by atoms with Crippen molar-refractivity contribution in [2.75, 3.05) is 10.8 Å². The van der Waals surface area contributed by atoms with Crippen molar-refractivity contribution in [1.82, 2.24) is 0 Å². The van der Waals surface area contributed by atoms with Crippen LogP contribution in [0.3, 0.4) is 0 Å². The van der Waals surface area contributed by atoms with Gasteiger partial charge in [-0.25, -0.2) is 8.42 Å². The van der Waals surface area contributed by atoms with E-state index < -0.39 is 10.0 Å². The highest BCUT2D eigenvalue weighted by molar-refractivity contribution is 7.92. The van der Waals surface area contributed by atoms with Crippen molar-refractivity contribution in [3.05, 3.63) is 71.8 Å². The van der Waals surface area contributed by atoms with Gasteiger partial charge in [0.1, 0.15) is 0 Å². The van der Waals surface area contributed by atoms with E-state index in [0.29, 0.717) is 11.4 Å². The highest BCUT2D eigenvalue weighted by Crippen LogP contribution is 2.36. The average molecular weight is 323 g/mol. The summed E-state index contributed by atoms with van der Waals surface area (Å²) in [7, 11) is -3.50. The minimum atomic E-state index is -3.50. The predicted octanol–water partition coefficient (Wildman–Crippen LogP) is 3.90. The van der Waals surface area contributed by atoms with E-state index in [2.05, 4.69) is 24.3 Å². The number of sulfonamides is 1. The molecule has 0 bridgehead atoms. The molecule has 0 saturated carbocycles. The zero-order chi connectivity index (χ0) is 16.0. The molecule has 0 unspecified atom stereocenters. The maximum absolute atomic E-state index is 12.9. The Morgan fingerprint density at radius 3 is 2.48 bits per heavy atom. The molecule has 4 heteroatoms. The predicted molar refractivity (Wildman–Crippen MR) is 93.4 cm³/mol. The number of hydrogen-bond donors (Lipinski definition) is 0. The van der Waals surface area contributed by atoms with E-state index in [1.165, 1.54) is 5.56 Å². The summed E-state index contributed by atoms with van der Waals surface area (Å²) in [4.78, 5) is 0.345.